The van der Waals surface area contributed by atoms with E-state index in [1.165, 1.54) is 4.31 Å². The minimum absolute atomic E-state index is 0.0597. The summed E-state index contributed by atoms with van der Waals surface area (Å²) in [5.41, 5.74) is 0.331. The van der Waals surface area contributed by atoms with Crippen molar-refractivity contribution in [3.63, 3.8) is 0 Å². The number of rotatable bonds is 4. The lowest BCUT2D eigenvalue weighted by molar-refractivity contribution is 0.0952. The van der Waals surface area contributed by atoms with Crippen LogP contribution >= 0.6 is 11.3 Å². The van der Waals surface area contributed by atoms with E-state index in [0.717, 1.165) is 11.3 Å². The van der Waals surface area contributed by atoms with Crippen LogP contribution < -0.4 is 0 Å². The molecule has 0 fully saturated rings. The van der Waals surface area contributed by atoms with Crippen LogP contribution in [0.5, 0.6) is 0 Å². The molecule has 0 bridgehead atoms. The first-order valence-electron chi connectivity index (χ1n) is 5.17. The Labute approximate surface area is 104 Å². The molecule has 1 aliphatic rings. The Morgan fingerprint density at radius 3 is 3.00 bits per heavy atom. The molecule has 94 valence electrons. The van der Waals surface area contributed by atoms with E-state index in [1.807, 2.05) is 0 Å². The molecule has 0 aromatic carbocycles. The smallest absolute Gasteiger partial charge is 0.253 e. The van der Waals surface area contributed by atoms with Gasteiger partial charge in [0.15, 0.2) is 5.78 Å². The lowest BCUT2D eigenvalue weighted by Gasteiger charge is -2.25. The van der Waals surface area contributed by atoms with Crippen LogP contribution in [0.1, 0.15) is 16.8 Å². The van der Waals surface area contributed by atoms with Crippen LogP contribution in [0.15, 0.2) is 15.7 Å². The summed E-state index contributed by atoms with van der Waals surface area (Å²) >= 11 is 1.10. The van der Waals surface area contributed by atoms with Gasteiger partial charge in [-0.1, -0.05) is 0 Å². The number of methoxy groups -OCH3 is 1. The standard InChI is InChI=1S/C10H13NO4S2/c1-15-5-2-4-11-7-9(12)8-3-6-16-10(8)17(11,13)14/h3,6H,2,4-5,7H2,1H3. The fraction of sp³-hybridized carbons (Fsp3) is 0.500. The molecule has 7 heteroatoms. The van der Waals surface area contributed by atoms with Gasteiger partial charge in [-0.25, -0.2) is 8.42 Å². The highest BCUT2D eigenvalue weighted by atomic mass is 32.2. The van der Waals surface area contributed by atoms with Crippen LogP contribution in [0, 0.1) is 0 Å². The molecule has 17 heavy (non-hydrogen) atoms. The van der Waals surface area contributed by atoms with Gasteiger partial charge in [0.25, 0.3) is 10.0 Å². The molecule has 0 atom stereocenters. The second-order valence-corrected chi connectivity index (χ2v) is 6.78. The Morgan fingerprint density at radius 2 is 2.29 bits per heavy atom. The summed E-state index contributed by atoms with van der Waals surface area (Å²) < 4.78 is 30.6. The van der Waals surface area contributed by atoms with E-state index in [-0.39, 0.29) is 16.5 Å². The highest BCUT2D eigenvalue weighted by Crippen LogP contribution is 2.30. The molecule has 0 aliphatic carbocycles. The molecule has 0 saturated heterocycles. The van der Waals surface area contributed by atoms with Gasteiger partial charge in [0.2, 0.25) is 0 Å². The second-order valence-electron chi connectivity index (χ2n) is 3.73. The number of ketones is 1. The number of sulfonamides is 1. The van der Waals surface area contributed by atoms with Crippen LogP contribution in [0.3, 0.4) is 0 Å². The van der Waals surface area contributed by atoms with Crippen molar-refractivity contribution in [1.29, 1.82) is 0 Å². The molecule has 0 N–H and O–H groups in total. The van der Waals surface area contributed by atoms with Gasteiger partial charge in [-0.05, 0) is 17.9 Å². The summed E-state index contributed by atoms with van der Waals surface area (Å²) in [5, 5.41) is 1.64. The predicted molar refractivity (Wildman–Crippen MR) is 63.9 cm³/mol. The van der Waals surface area contributed by atoms with E-state index in [2.05, 4.69) is 0 Å². The van der Waals surface area contributed by atoms with Crippen molar-refractivity contribution >= 4 is 27.1 Å². The number of carbonyl (C=O) groups is 1. The van der Waals surface area contributed by atoms with E-state index >= 15 is 0 Å². The summed E-state index contributed by atoms with van der Waals surface area (Å²) in [5.74, 6) is -0.131. The van der Waals surface area contributed by atoms with Gasteiger partial charge in [-0.2, -0.15) is 4.31 Å². The fourth-order valence-electron chi connectivity index (χ4n) is 1.73. The van der Waals surface area contributed by atoms with Gasteiger partial charge in [0, 0.05) is 25.8 Å². The topological polar surface area (TPSA) is 63.7 Å². The predicted octanol–water partition coefficient (Wildman–Crippen LogP) is 0.972. The van der Waals surface area contributed by atoms with Crippen LogP contribution in [-0.4, -0.2) is 45.3 Å². The third-order valence-electron chi connectivity index (χ3n) is 2.58. The van der Waals surface area contributed by atoms with E-state index in [9.17, 15) is 13.2 Å². The number of thiophene rings is 1. The SMILES string of the molecule is COCCCN1CC(=O)c2ccsc2S1(=O)=O. The number of nitrogens with zero attached hydrogens (tertiary/aromatic N) is 1. The molecule has 1 aromatic heterocycles. The number of fused-ring (bicyclic) bond motifs is 1. The van der Waals surface area contributed by atoms with Gasteiger partial charge in [-0.15, -0.1) is 11.3 Å². The van der Waals surface area contributed by atoms with Crippen LogP contribution in [-0.2, 0) is 14.8 Å². The van der Waals surface area contributed by atoms with Gasteiger partial charge in [0.05, 0.1) is 6.54 Å². The first kappa shape index (κ1) is 12.7. The highest BCUT2D eigenvalue weighted by molar-refractivity contribution is 7.91. The normalized spacial score (nSPS) is 19.2. The third-order valence-corrected chi connectivity index (χ3v) is 5.89. The van der Waals surface area contributed by atoms with Crippen molar-refractivity contribution in [3.05, 3.63) is 17.0 Å². The third kappa shape index (κ3) is 2.28. The van der Waals surface area contributed by atoms with Gasteiger partial charge in [-0.3, -0.25) is 4.79 Å². The van der Waals surface area contributed by atoms with Crippen LogP contribution in [0.4, 0.5) is 0 Å². The zero-order valence-corrected chi connectivity index (χ0v) is 11.0. The molecule has 1 aliphatic heterocycles. The fourth-order valence-corrected chi connectivity index (χ4v) is 4.69. The number of Topliss-reactive ketones (excluding diaryl/α,β-unsaturated/α-hetero) is 1. The van der Waals surface area contributed by atoms with Gasteiger partial charge in [0.1, 0.15) is 4.21 Å². The summed E-state index contributed by atoms with van der Waals surface area (Å²) in [4.78, 5) is 11.7. The lowest BCUT2D eigenvalue weighted by atomic mass is 10.2. The maximum absolute atomic E-state index is 12.1. The first-order valence-corrected chi connectivity index (χ1v) is 7.49. The van der Waals surface area contributed by atoms with E-state index < -0.39 is 10.0 Å². The molecular weight excluding hydrogens is 262 g/mol. The molecule has 0 unspecified atom stereocenters. The molecule has 2 heterocycles. The lowest BCUT2D eigenvalue weighted by Crippen LogP contribution is -2.40. The molecule has 0 saturated carbocycles. The zero-order valence-electron chi connectivity index (χ0n) is 9.38. The Morgan fingerprint density at radius 1 is 1.53 bits per heavy atom. The van der Waals surface area contributed by atoms with E-state index in [4.69, 9.17) is 4.74 Å². The van der Waals surface area contributed by atoms with Crippen molar-refractivity contribution in [1.82, 2.24) is 4.31 Å². The van der Waals surface area contributed by atoms with Crippen LogP contribution in [0.2, 0.25) is 0 Å². The number of hydrogen-bond acceptors (Lipinski definition) is 5. The molecule has 2 rings (SSSR count). The summed E-state index contributed by atoms with van der Waals surface area (Å²) in [7, 11) is -1.91. The largest absolute Gasteiger partial charge is 0.385 e. The number of ether oxygens (including phenoxy) is 1. The zero-order chi connectivity index (χ0) is 12.5. The Kier molecular flexibility index (Phi) is 3.62. The molecule has 1 aromatic rings. The Balaban J connectivity index is 2.25. The Bertz CT molecular complexity index is 520. The quantitative estimate of drug-likeness (QED) is 0.768. The number of hydrogen-bond donors (Lipinski definition) is 0. The summed E-state index contributed by atoms with van der Waals surface area (Å²) in [6.45, 7) is 0.743. The highest BCUT2D eigenvalue weighted by Gasteiger charge is 2.36. The van der Waals surface area contributed by atoms with Gasteiger partial charge >= 0.3 is 0 Å². The minimum Gasteiger partial charge on any atom is -0.385 e. The number of carbonyl (C=O) groups excluding carboxylic acids is 1. The maximum Gasteiger partial charge on any atom is 0.253 e. The monoisotopic (exact) mass is 275 g/mol. The minimum atomic E-state index is -3.48. The van der Waals surface area contributed by atoms with Crippen molar-refractivity contribution in [2.24, 2.45) is 0 Å². The molecule has 0 spiro atoms. The van der Waals surface area contributed by atoms with E-state index in [1.54, 1.807) is 18.6 Å². The first-order chi connectivity index (χ1) is 8.07. The van der Waals surface area contributed by atoms with Crippen molar-refractivity contribution in [2.45, 2.75) is 10.6 Å². The van der Waals surface area contributed by atoms with Crippen molar-refractivity contribution in [3.8, 4) is 0 Å². The van der Waals surface area contributed by atoms with E-state index in [0.29, 0.717) is 25.1 Å². The molecule has 0 amide bonds. The summed E-state index contributed by atoms with van der Waals surface area (Å²) in [6.07, 6.45) is 0.587. The average molecular weight is 275 g/mol. The second kappa shape index (κ2) is 4.85. The molecular formula is C10H13NO4S2. The summed E-state index contributed by atoms with van der Waals surface area (Å²) in [6, 6.07) is 1.58. The average Bonchev–Trinajstić information content (AvgIpc) is 2.76. The molecule has 5 nitrogen and oxygen atoms in total. The Hall–Kier alpha value is -0.760. The van der Waals surface area contributed by atoms with Crippen molar-refractivity contribution in [2.75, 3.05) is 26.8 Å². The van der Waals surface area contributed by atoms with Gasteiger partial charge < -0.3 is 4.74 Å². The van der Waals surface area contributed by atoms with Crippen LogP contribution in [0.25, 0.3) is 0 Å². The maximum atomic E-state index is 12.1. The molecule has 0 radical (unpaired) electrons. The van der Waals surface area contributed by atoms with Crippen molar-refractivity contribution < 1.29 is 17.9 Å².